The lowest BCUT2D eigenvalue weighted by Gasteiger charge is -1.91. The topological polar surface area (TPSA) is 56.0 Å². The van der Waals surface area contributed by atoms with Crippen molar-refractivity contribution >= 4 is 17.4 Å². The van der Waals surface area contributed by atoms with Crippen LogP contribution in [0.2, 0.25) is 0 Å². The molecule has 0 fully saturated rings. The molecule has 0 unspecified atom stereocenters. The van der Waals surface area contributed by atoms with Gasteiger partial charge in [0.05, 0.1) is 0 Å². The van der Waals surface area contributed by atoms with Crippen LogP contribution in [-0.2, 0) is 0 Å². The van der Waals surface area contributed by atoms with Crippen LogP contribution in [0.25, 0.3) is 5.65 Å². The molecule has 56 valence electrons. The Balaban J connectivity index is 2.67. The highest BCUT2D eigenvalue weighted by Crippen LogP contribution is 2.09. The Labute approximate surface area is 66.8 Å². The molecular formula is C5H5N5S. The first-order valence-corrected chi connectivity index (χ1v) is 4.22. The Bertz CT molecular complexity index is 370. The third-order valence-electron chi connectivity index (χ3n) is 1.25. The third-order valence-corrected chi connectivity index (χ3v) is 1.89. The molecule has 0 spiro atoms. The van der Waals surface area contributed by atoms with Gasteiger partial charge in [-0.3, -0.25) is 0 Å². The van der Waals surface area contributed by atoms with E-state index in [0.29, 0.717) is 5.65 Å². The van der Waals surface area contributed by atoms with Crippen molar-refractivity contribution in [2.24, 2.45) is 0 Å². The normalized spacial score (nSPS) is 10.6. The quantitative estimate of drug-likeness (QED) is 0.569. The molecule has 0 aliphatic carbocycles. The van der Waals surface area contributed by atoms with Crippen molar-refractivity contribution in [2.75, 3.05) is 6.26 Å². The summed E-state index contributed by atoms with van der Waals surface area (Å²) in [5.74, 6) is 0. The van der Waals surface area contributed by atoms with Gasteiger partial charge in [-0.15, -0.1) is 26.6 Å². The number of nitrogens with zero attached hydrogens (tertiary/aromatic N) is 5. The number of aromatic nitrogens is 5. The maximum Gasteiger partial charge on any atom is 0.200 e. The minimum atomic E-state index is 0.669. The van der Waals surface area contributed by atoms with Crippen molar-refractivity contribution in [3.05, 3.63) is 12.1 Å². The Morgan fingerprint density at radius 2 is 2.36 bits per heavy atom. The van der Waals surface area contributed by atoms with E-state index in [4.69, 9.17) is 0 Å². The first-order chi connectivity index (χ1) is 5.40. The van der Waals surface area contributed by atoms with E-state index in [1.807, 2.05) is 18.4 Å². The Kier molecular flexibility index (Phi) is 1.46. The van der Waals surface area contributed by atoms with E-state index in [1.54, 1.807) is 11.8 Å². The van der Waals surface area contributed by atoms with Gasteiger partial charge in [0.15, 0.2) is 5.65 Å². The van der Waals surface area contributed by atoms with E-state index in [-0.39, 0.29) is 0 Å². The zero-order valence-electron chi connectivity index (χ0n) is 5.80. The minimum Gasteiger partial charge on any atom is -0.140 e. The van der Waals surface area contributed by atoms with Gasteiger partial charge in [-0.2, -0.15) is 0 Å². The van der Waals surface area contributed by atoms with Crippen LogP contribution in [0.1, 0.15) is 0 Å². The van der Waals surface area contributed by atoms with E-state index in [9.17, 15) is 0 Å². The molecule has 2 aromatic heterocycles. The molecule has 0 saturated carbocycles. The van der Waals surface area contributed by atoms with Gasteiger partial charge in [0.1, 0.15) is 5.03 Å². The molecule has 0 aliphatic rings. The van der Waals surface area contributed by atoms with E-state index in [1.165, 1.54) is 4.63 Å². The van der Waals surface area contributed by atoms with E-state index in [2.05, 4.69) is 20.6 Å². The second-order valence-corrected chi connectivity index (χ2v) is 2.73. The predicted molar refractivity (Wildman–Crippen MR) is 40.4 cm³/mol. The molecule has 0 bridgehead atoms. The van der Waals surface area contributed by atoms with Crippen LogP contribution < -0.4 is 0 Å². The second kappa shape index (κ2) is 2.46. The molecule has 0 amide bonds. The fourth-order valence-corrected chi connectivity index (χ4v) is 1.11. The van der Waals surface area contributed by atoms with Crippen molar-refractivity contribution in [1.82, 2.24) is 25.3 Å². The van der Waals surface area contributed by atoms with Gasteiger partial charge in [-0.1, -0.05) is 0 Å². The van der Waals surface area contributed by atoms with Crippen LogP contribution in [0, 0.1) is 0 Å². The molecule has 0 aliphatic heterocycles. The maximum atomic E-state index is 4.10. The van der Waals surface area contributed by atoms with E-state index >= 15 is 0 Å². The highest BCUT2D eigenvalue weighted by molar-refractivity contribution is 7.98. The van der Waals surface area contributed by atoms with E-state index in [0.717, 1.165) is 5.03 Å². The molecule has 0 saturated heterocycles. The molecule has 0 aromatic carbocycles. The van der Waals surface area contributed by atoms with Crippen molar-refractivity contribution in [3.63, 3.8) is 0 Å². The van der Waals surface area contributed by atoms with Gasteiger partial charge in [-0.05, 0) is 28.8 Å². The summed E-state index contributed by atoms with van der Waals surface area (Å²) in [5, 5.41) is 15.9. The van der Waals surface area contributed by atoms with Crippen molar-refractivity contribution in [2.45, 2.75) is 5.03 Å². The zero-order chi connectivity index (χ0) is 7.68. The lowest BCUT2D eigenvalue weighted by Crippen LogP contribution is -1.94. The first kappa shape index (κ1) is 6.53. The molecule has 0 radical (unpaired) electrons. The Morgan fingerprint density at radius 1 is 1.45 bits per heavy atom. The van der Waals surface area contributed by atoms with Crippen molar-refractivity contribution in [1.29, 1.82) is 0 Å². The number of hydrogen-bond acceptors (Lipinski definition) is 5. The summed E-state index contributed by atoms with van der Waals surface area (Å²) in [7, 11) is 0. The van der Waals surface area contributed by atoms with Gasteiger partial charge in [0, 0.05) is 0 Å². The van der Waals surface area contributed by atoms with Crippen molar-refractivity contribution in [3.8, 4) is 0 Å². The Morgan fingerprint density at radius 3 is 3.18 bits per heavy atom. The standard InChI is InChI=1S/C5H5N5S/c1-11-5-3-2-4-6-8-9-10(4)7-5/h2-3H,1H3. The average Bonchev–Trinajstić information content (AvgIpc) is 2.50. The van der Waals surface area contributed by atoms with Crippen LogP contribution in [0.3, 0.4) is 0 Å². The molecular weight excluding hydrogens is 162 g/mol. The summed E-state index contributed by atoms with van der Waals surface area (Å²) in [6.45, 7) is 0. The molecule has 2 aromatic rings. The predicted octanol–water partition coefficient (Wildman–Crippen LogP) is 0.241. The molecule has 2 heterocycles. The number of rotatable bonds is 1. The first-order valence-electron chi connectivity index (χ1n) is 2.99. The lowest BCUT2D eigenvalue weighted by molar-refractivity contribution is 0.703. The Hall–Kier alpha value is -1.17. The minimum absolute atomic E-state index is 0.669. The average molecular weight is 167 g/mol. The van der Waals surface area contributed by atoms with Gasteiger partial charge in [-0.25, -0.2) is 0 Å². The highest BCUT2D eigenvalue weighted by Gasteiger charge is 1.97. The number of thioether (sulfide) groups is 1. The van der Waals surface area contributed by atoms with Gasteiger partial charge in [0.2, 0.25) is 0 Å². The molecule has 5 nitrogen and oxygen atoms in total. The van der Waals surface area contributed by atoms with Crippen molar-refractivity contribution < 1.29 is 0 Å². The molecule has 6 heteroatoms. The van der Waals surface area contributed by atoms with Crippen LogP contribution in [-0.4, -0.2) is 31.5 Å². The fraction of sp³-hybridized carbons (Fsp3) is 0.200. The van der Waals surface area contributed by atoms with Crippen LogP contribution in [0.15, 0.2) is 17.2 Å². The zero-order valence-corrected chi connectivity index (χ0v) is 6.62. The molecule has 2 rings (SSSR count). The summed E-state index contributed by atoms with van der Waals surface area (Å²) in [5.41, 5.74) is 0.669. The highest BCUT2D eigenvalue weighted by atomic mass is 32.2. The number of hydrogen-bond donors (Lipinski definition) is 0. The molecule has 0 atom stereocenters. The van der Waals surface area contributed by atoms with Crippen LogP contribution >= 0.6 is 11.8 Å². The van der Waals surface area contributed by atoms with Gasteiger partial charge >= 0.3 is 0 Å². The summed E-state index contributed by atoms with van der Waals surface area (Å²) in [6, 6.07) is 3.72. The van der Waals surface area contributed by atoms with Gasteiger partial charge in [0.25, 0.3) is 0 Å². The molecule has 11 heavy (non-hydrogen) atoms. The smallest absolute Gasteiger partial charge is 0.140 e. The number of fused-ring (bicyclic) bond motifs is 1. The summed E-state index contributed by atoms with van der Waals surface area (Å²) < 4.78 is 1.41. The van der Waals surface area contributed by atoms with Crippen LogP contribution in [0.4, 0.5) is 0 Å². The SMILES string of the molecule is CSc1ccc2nnnn2n1. The fourth-order valence-electron chi connectivity index (χ4n) is 0.742. The largest absolute Gasteiger partial charge is 0.200 e. The number of tetrazole rings is 1. The van der Waals surface area contributed by atoms with E-state index < -0.39 is 0 Å². The molecule has 0 N–H and O–H groups in total. The summed E-state index contributed by atoms with van der Waals surface area (Å²) >= 11 is 1.56. The monoisotopic (exact) mass is 167 g/mol. The lowest BCUT2D eigenvalue weighted by atomic mass is 10.6. The summed E-state index contributed by atoms with van der Waals surface area (Å²) in [6.07, 6.45) is 1.96. The third kappa shape index (κ3) is 1.05. The maximum absolute atomic E-state index is 4.10. The van der Waals surface area contributed by atoms with Gasteiger partial charge < -0.3 is 0 Å². The van der Waals surface area contributed by atoms with Crippen LogP contribution in [0.5, 0.6) is 0 Å². The summed E-state index contributed by atoms with van der Waals surface area (Å²) in [4.78, 5) is 0. The second-order valence-electron chi connectivity index (χ2n) is 1.90.